The topological polar surface area (TPSA) is 52.9 Å². The molecule has 1 unspecified atom stereocenters. The molecule has 0 radical (unpaired) electrons. The summed E-state index contributed by atoms with van der Waals surface area (Å²) in [5.74, 6) is -0.0662. The summed E-state index contributed by atoms with van der Waals surface area (Å²) in [6, 6.07) is 17.1. The van der Waals surface area contributed by atoms with E-state index in [1.54, 1.807) is 12.1 Å². The largest absolute Gasteiger partial charge is 0.464 e. The van der Waals surface area contributed by atoms with Crippen LogP contribution in [-0.4, -0.2) is 28.5 Å². The molecule has 0 fully saturated rings. The van der Waals surface area contributed by atoms with Crippen LogP contribution in [0.5, 0.6) is 0 Å². The lowest BCUT2D eigenvalue weighted by Crippen LogP contribution is -2.23. The van der Waals surface area contributed by atoms with Crippen molar-refractivity contribution >= 4 is 23.4 Å². The molecule has 0 aromatic heterocycles. The van der Waals surface area contributed by atoms with Gasteiger partial charge >= 0.3 is 6.09 Å². The van der Waals surface area contributed by atoms with Gasteiger partial charge < -0.3 is 5.11 Å². The van der Waals surface area contributed by atoms with E-state index in [0.29, 0.717) is 11.6 Å². The highest BCUT2D eigenvalue weighted by atomic mass is 35.5. The minimum atomic E-state index is -1.04. The van der Waals surface area contributed by atoms with Gasteiger partial charge in [0, 0.05) is 10.9 Å². The second-order valence-corrected chi connectivity index (χ2v) is 5.26. The maximum absolute atomic E-state index is 11.2. The molecule has 1 heterocycles. The van der Waals surface area contributed by atoms with E-state index < -0.39 is 6.09 Å². The lowest BCUT2D eigenvalue weighted by molar-refractivity contribution is 0.151. The molecule has 0 bridgehead atoms. The normalized spacial score (nSPS) is 17.7. The molecule has 0 saturated carbocycles. The molecule has 0 aliphatic carbocycles. The predicted molar refractivity (Wildman–Crippen MR) is 81.9 cm³/mol. The standard InChI is InChI=1S/C16H13ClN2O2/c17-13-8-6-12(7-9-13)15-14(10-19(18-15)16(20)21)11-4-2-1-3-5-11/h1-9,14H,10H2,(H,20,21). The Morgan fingerprint density at radius 2 is 1.81 bits per heavy atom. The van der Waals surface area contributed by atoms with E-state index in [9.17, 15) is 9.90 Å². The summed E-state index contributed by atoms with van der Waals surface area (Å²) in [5, 5.41) is 15.2. The van der Waals surface area contributed by atoms with E-state index in [-0.39, 0.29) is 5.92 Å². The van der Waals surface area contributed by atoms with Crippen molar-refractivity contribution in [3.05, 3.63) is 70.7 Å². The van der Waals surface area contributed by atoms with Crippen LogP contribution < -0.4 is 0 Å². The van der Waals surface area contributed by atoms with Crippen molar-refractivity contribution < 1.29 is 9.90 Å². The summed E-state index contributed by atoms with van der Waals surface area (Å²) < 4.78 is 0. The van der Waals surface area contributed by atoms with Gasteiger partial charge in [-0.25, -0.2) is 4.79 Å². The smallest absolute Gasteiger partial charge is 0.427 e. The van der Waals surface area contributed by atoms with Gasteiger partial charge in [-0.1, -0.05) is 54.1 Å². The average Bonchev–Trinajstić information content (AvgIpc) is 2.94. The molecule has 3 rings (SSSR count). The first-order valence-corrected chi connectivity index (χ1v) is 6.93. The molecule has 106 valence electrons. The van der Waals surface area contributed by atoms with Gasteiger partial charge in [-0.3, -0.25) is 0 Å². The zero-order valence-corrected chi connectivity index (χ0v) is 11.9. The molecule has 1 aliphatic heterocycles. The van der Waals surface area contributed by atoms with Gasteiger partial charge in [0.25, 0.3) is 0 Å². The van der Waals surface area contributed by atoms with Gasteiger partial charge in [0.2, 0.25) is 0 Å². The van der Waals surface area contributed by atoms with E-state index in [1.165, 1.54) is 0 Å². The van der Waals surface area contributed by atoms with Crippen molar-refractivity contribution in [3.8, 4) is 0 Å². The highest BCUT2D eigenvalue weighted by molar-refractivity contribution is 6.30. The zero-order valence-electron chi connectivity index (χ0n) is 11.1. The quantitative estimate of drug-likeness (QED) is 0.916. The Hall–Kier alpha value is -2.33. The second-order valence-electron chi connectivity index (χ2n) is 4.82. The van der Waals surface area contributed by atoms with E-state index >= 15 is 0 Å². The third-order valence-corrected chi connectivity index (χ3v) is 3.73. The van der Waals surface area contributed by atoms with Crippen LogP contribution in [-0.2, 0) is 0 Å². The number of carboxylic acid groups (broad SMARTS) is 1. The van der Waals surface area contributed by atoms with E-state index in [2.05, 4.69) is 5.10 Å². The molecular formula is C16H13ClN2O2. The first kappa shape index (κ1) is 13.6. The predicted octanol–water partition coefficient (Wildman–Crippen LogP) is 3.82. The maximum Gasteiger partial charge on any atom is 0.427 e. The van der Waals surface area contributed by atoms with Gasteiger partial charge in [-0.15, -0.1) is 0 Å². The number of benzene rings is 2. The van der Waals surface area contributed by atoms with Crippen LogP contribution in [0.1, 0.15) is 17.0 Å². The Kier molecular flexibility index (Phi) is 3.62. The van der Waals surface area contributed by atoms with Crippen molar-refractivity contribution in [2.24, 2.45) is 5.10 Å². The number of hydrogen-bond acceptors (Lipinski definition) is 2. The fraction of sp³-hybridized carbons (Fsp3) is 0.125. The summed E-state index contributed by atoms with van der Waals surface area (Å²) >= 11 is 5.91. The van der Waals surface area contributed by atoms with Crippen LogP contribution in [0.4, 0.5) is 4.79 Å². The number of halogens is 1. The molecule has 2 aromatic carbocycles. The van der Waals surface area contributed by atoms with Crippen LogP contribution in [0.3, 0.4) is 0 Å². The van der Waals surface area contributed by atoms with Crippen LogP contribution in [0.25, 0.3) is 0 Å². The molecule has 1 amide bonds. The summed E-state index contributed by atoms with van der Waals surface area (Å²) in [6.45, 7) is 0.331. The molecule has 0 saturated heterocycles. The van der Waals surface area contributed by atoms with Gasteiger partial charge in [0.05, 0.1) is 12.3 Å². The van der Waals surface area contributed by atoms with Gasteiger partial charge in [-0.05, 0) is 23.3 Å². The monoisotopic (exact) mass is 300 g/mol. The average molecular weight is 301 g/mol. The third kappa shape index (κ3) is 2.76. The summed E-state index contributed by atoms with van der Waals surface area (Å²) in [6.07, 6.45) is -1.04. The number of carbonyl (C=O) groups is 1. The molecule has 1 N–H and O–H groups in total. The van der Waals surface area contributed by atoms with Crippen molar-refractivity contribution in [1.29, 1.82) is 0 Å². The number of hydrogen-bond donors (Lipinski definition) is 1. The van der Waals surface area contributed by atoms with Crippen molar-refractivity contribution in [3.63, 3.8) is 0 Å². The Labute approximate surface area is 127 Å². The number of rotatable bonds is 2. The van der Waals surface area contributed by atoms with Crippen molar-refractivity contribution in [2.45, 2.75) is 5.92 Å². The Bertz CT molecular complexity index is 683. The first-order valence-electron chi connectivity index (χ1n) is 6.55. The van der Waals surface area contributed by atoms with E-state index in [1.807, 2.05) is 42.5 Å². The molecular weight excluding hydrogens is 288 g/mol. The van der Waals surface area contributed by atoms with Crippen LogP contribution in [0, 0.1) is 0 Å². The molecule has 4 nitrogen and oxygen atoms in total. The number of hydrazone groups is 1. The lowest BCUT2D eigenvalue weighted by Gasteiger charge is -2.13. The molecule has 1 aliphatic rings. The van der Waals surface area contributed by atoms with E-state index in [0.717, 1.165) is 21.8 Å². The molecule has 0 spiro atoms. The SMILES string of the molecule is O=C(O)N1CC(c2ccccc2)C(c2ccc(Cl)cc2)=N1. The summed E-state index contributed by atoms with van der Waals surface area (Å²) in [5.41, 5.74) is 2.69. The molecule has 5 heteroatoms. The van der Waals surface area contributed by atoms with E-state index in [4.69, 9.17) is 11.6 Å². The molecule has 21 heavy (non-hydrogen) atoms. The lowest BCUT2D eigenvalue weighted by atomic mass is 9.91. The molecule has 1 atom stereocenters. The minimum Gasteiger partial charge on any atom is -0.464 e. The highest BCUT2D eigenvalue weighted by Gasteiger charge is 2.31. The third-order valence-electron chi connectivity index (χ3n) is 3.48. The number of amides is 1. The Morgan fingerprint density at radius 1 is 1.14 bits per heavy atom. The summed E-state index contributed by atoms with van der Waals surface area (Å²) in [7, 11) is 0. The zero-order chi connectivity index (χ0) is 14.8. The van der Waals surface area contributed by atoms with Crippen LogP contribution >= 0.6 is 11.6 Å². The Balaban J connectivity index is 2.01. The first-order chi connectivity index (χ1) is 10.1. The van der Waals surface area contributed by atoms with Crippen LogP contribution in [0.2, 0.25) is 5.02 Å². The summed E-state index contributed by atoms with van der Waals surface area (Å²) in [4.78, 5) is 11.2. The van der Waals surface area contributed by atoms with Crippen molar-refractivity contribution in [2.75, 3.05) is 6.54 Å². The van der Waals surface area contributed by atoms with Gasteiger partial charge in [0.1, 0.15) is 0 Å². The second kappa shape index (κ2) is 5.58. The van der Waals surface area contributed by atoms with Crippen LogP contribution in [0.15, 0.2) is 59.7 Å². The number of nitrogens with zero attached hydrogens (tertiary/aromatic N) is 2. The maximum atomic E-state index is 11.2. The van der Waals surface area contributed by atoms with Crippen molar-refractivity contribution in [1.82, 2.24) is 5.01 Å². The minimum absolute atomic E-state index is 0.0662. The Morgan fingerprint density at radius 3 is 2.43 bits per heavy atom. The molecule has 2 aromatic rings. The fourth-order valence-electron chi connectivity index (χ4n) is 2.45. The highest BCUT2D eigenvalue weighted by Crippen LogP contribution is 2.29. The fourth-order valence-corrected chi connectivity index (χ4v) is 2.58. The van der Waals surface area contributed by atoms with Gasteiger partial charge in [-0.2, -0.15) is 10.1 Å². The van der Waals surface area contributed by atoms with Gasteiger partial charge in [0.15, 0.2) is 0 Å².